The van der Waals surface area contributed by atoms with E-state index in [0.29, 0.717) is 55.3 Å². The Balaban J connectivity index is 1.54. The number of carbonyl (C=O) groups excluding carboxylic acids is 1. The second-order valence-corrected chi connectivity index (χ2v) is 9.51. The number of sulfonamides is 1. The molecule has 1 atom stereocenters. The molecule has 0 unspecified atom stereocenters. The van der Waals surface area contributed by atoms with Crippen molar-refractivity contribution in [3.63, 3.8) is 0 Å². The first kappa shape index (κ1) is 23.0. The first-order valence-electron chi connectivity index (χ1n) is 10.9. The summed E-state index contributed by atoms with van der Waals surface area (Å²) in [7, 11) is -3.88. The molecule has 1 aliphatic heterocycles. The second kappa shape index (κ2) is 9.75. The molecule has 10 nitrogen and oxygen atoms in total. The SMILES string of the molecule is CCOc1ccc(OCC)c(NC(=O)[C@@H]2CCCN(S(=O)(=O)c3cccc4nonc34)C2)c1. The van der Waals surface area contributed by atoms with Crippen molar-refractivity contribution in [2.75, 3.05) is 31.6 Å². The zero-order valence-electron chi connectivity index (χ0n) is 18.5. The number of aromatic nitrogens is 2. The summed E-state index contributed by atoms with van der Waals surface area (Å²) in [4.78, 5) is 13.1. The van der Waals surface area contributed by atoms with Crippen LogP contribution < -0.4 is 14.8 Å². The van der Waals surface area contributed by atoms with Crippen molar-refractivity contribution >= 4 is 32.7 Å². The summed E-state index contributed by atoms with van der Waals surface area (Å²) >= 11 is 0. The second-order valence-electron chi connectivity index (χ2n) is 7.60. The molecule has 176 valence electrons. The van der Waals surface area contributed by atoms with Crippen LogP contribution in [0.25, 0.3) is 11.0 Å². The Bertz CT molecular complexity index is 1240. The molecule has 0 radical (unpaired) electrons. The third kappa shape index (κ3) is 4.79. The molecule has 3 aromatic rings. The van der Waals surface area contributed by atoms with Crippen molar-refractivity contribution < 1.29 is 27.3 Å². The molecular weight excluding hydrogens is 448 g/mol. The van der Waals surface area contributed by atoms with Gasteiger partial charge < -0.3 is 14.8 Å². The topological polar surface area (TPSA) is 124 Å². The molecule has 2 heterocycles. The van der Waals surface area contributed by atoms with Gasteiger partial charge in [-0.25, -0.2) is 13.0 Å². The molecule has 1 saturated heterocycles. The fraction of sp³-hybridized carbons (Fsp3) is 0.409. The van der Waals surface area contributed by atoms with Gasteiger partial charge in [-0.1, -0.05) is 6.07 Å². The van der Waals surface area contributed by atoms with E-state index in [2.05, 4.69) is 15.6 Å². The monoisotopic (exact) mass is 474 g/mol. The number of ether oxygens (including phenoxy) is 2. The van der Waals surface area contributed by atoms with Crippen molar-refractivity contribution in [3.05, 3.63) is 36.4 Å². The van der Waals surface area contributed by atoms with E-state index < -0.39 is 15.9 Å². The van der Waals surface area contributed by atoms with E-state index >= 15 is 0 Å². The largest absolute Gasteiger partial charge is 0.494 e. The summed E-state index contributed by atoms with van der Waals surface area (Å²) in [5.74, 6) is 0.345. The third-order valence-corrected chi connectivity index (χ3v) is 7.34. The first-order chi connectivity index (χ1) is 15.9. The number of amides is 1. The number of rotatable bonds is 8. The fourth-order valence-electron chi connectivity index (χ4n) is 3.88. The highest BCUT2D eigenvalue weighted by Crippen LogP contribution is 2.32. The van der Waals surface area contributed by atoms with Gasteiger partial charge in [-0.15, -0.1) is 0 Å². The molecule has 0 bridgehead atoms. The van der Waals surface area contributed by atoms with E-state index in [4.69, 9.17) is 14.1 Å². The molecule has 1 N–H and O–H groups in total. The summed E-state index contributed by atoms with van der Waals surface area (Å²) in [5, 5.41) is 10.4. The van der Waals surface area contributed by atoms with Crippen LogP contribution in [0.3, 0.4) is 0 Å². The molecule has 0 aliphatic carbocycles. The van der Waals surface area contributed by atoms with Crippen molar-refractivity contribution in [2.24, 2.45) is 5.92 Å². The molecule has 1 aliphatic rings. The van der Waals surface area contributed by atoms with Crippen LogP contribution in [-0.4, -0.2) is 55.2 Å². The van der Waals surface area contributed by atoms with Crippen LogP contribution in [0, 0.1) is 5.92 Å². The van der Waals surface area contributed by atoms with E-state index in [1.807, 2.05) is 13.8 Å². The third-order valence-electron chi connectivity index (χ3n) is 5.44. The molecule has 0 saturated carbocycles. The normalized spacial score (nSPS) is 17.1. The van der Waals surface area contributed by atoms with Crippen LogP contribution in [0.5, 0.6) is 11.5 Å². The molecule has 33 heavy (non-hydrogen) atoms. The van der Waals surface area contributed by atoms with E-state index in [1.165, 1.54) is 10.4 Å². The maximum Gasteiger partial charge on any atom is 0.245 e. The highest BCUT2D eigenvalue weighted by molar-refractivity contribution is 7.89. The van der Waals surface area contributed by atoms with E-state index in [1.54, 1.807) is 30.3 Å². The number of benzene rings is 2. The molecular formula is C22H26N4O6S. The van der Waals surface area contributed by atoms with Gasteiger partial charge in [0, 0.05) is 19.2 Å². The Labute approximate surface area is 191 Å². The van der Waals surface area contributed by atoms with Gasteiger partial charge >= 0.3 is 0 Å². The lowest BCUT2D eigenvalue weighted by atomic mass is 9.98. The van der Waals surface area contributed by atoms with Gasteiger partial charge in [0.2, 0.25) is 15.9 Å². The summed E-state index contributed by atoms with van der Waals surface area (Å²) in [5.41, 5.74) is 1.03. The number of fused-ring (bicyclic) bond motifs is 1. The molecule has 0 spiro atoms. The lowest BCUT2D eigenvalue weighted by molar-refractivity contribution is -0.120. The zero-order valence-corrected chi connectivity index (χ0v) is 19.3. The quantitative estimate of drug-likeness (QED) is 0.528. The summed E-state index contributed by atoms with van der Waals surface area (Å²) in [6.45, 7) is 5.04. The highest BCUT2D eigenvalue weighted by atomic mass is 32.2. The lowest BCUT2D eigenvalue weighted by Gasteiger charge is -2.31. The van der Waals surface area contributed by atoms with Crippen molar-refractivity contribution in [1.82, 2.24) is 14.6 Å². The number of piperidine rings is 1. The Morgan fingerprint density at radius 1 is 1.18 bits per heavy atom. The number of nitrogens with zero attached hydrogens (tertiary/aromatic N) is 3. The average molecular weight is 475 g/mol. The van der Waals surface area contributed by atoms with Crippen molar-refractivity contribution in [3.8, 4) is 11.5 Å². The first-order valence-corrected chi connectivity index (χ1v) is 12.3. The number of hydrogen-bond acceptors (Lipinski definition) is 8. The van der Waals surface area contributed by atoms with Crippen LogP contribution >= 0.6 is 0 Å². The van der Waals surface area contributed by atoms with Crippen LogP contribution in [0.2, 0.25) is 0 Å². The Morgan fingerprint density at radius 3 is 2.79 bits per heavy atom. The number of nitrogens with one attached hydrogen (secondary N) is 1. The molecule has 11 heteroatoms. The maximum atomic E-state index is 13.3. The van der Waals surface area contributed by atoms with Gasteiger partial charge in [0.1, 0.15) is 21.9 Å². The van der Waals surface area contributed by atoms with E-state index in [9.17, 15) is 13.2 Å². The molecule has 1 amide bonds. The lowest BCUT2D eigenvalue weighted by Crippen LogP contribution is -2.43. The standard InChI is InChI=1S/C22H26N4O6S/c1-3-30-16-10-11-19(31-4-2)18(13-16)23-22(27)15-7-6-12-26(14-15)33(28,29)20-9-5-8-17-21(20)25-32-24-17/h5,8-11,13,15H,3-4,6-7,12,14H2,1-2H3,(H,23,27)/t15-/m1/s1. The van der Waals surface area contributed by atoms with Gasteiger partial charge in [-0.3, -0.25) is 4.79 Å². The van der Waals surface area contributed by atoms with Gasteiger partial charge in [-0.05, 0) is 61.3 Å². The molecule has 1 aromatic heterocycles. The predicted molar refractivity (Wildman–Crippen MR) is 121 cm³/mol. The summed E-state index contributed by atoms with van der Waals surface area (Å²) < 4.78 is 43.8. The van der Waals surface area contributed by atoms with Crippen LogP contribution in [0.15, 0.2) is 45.9 Å². The minimum Gasteiger partial charge on any atom is -0.494 e. The smallest absolute Gasteiger partial charge is 0.245 e. The Kier molecular flexibility index (Phi) is 6.80. The molecule has 4 rings (SSSR count). The number of anilines is 1. The highest BCUT2D eigenvalue weighted by Gasteiger charge is 2.35. The molecule has 1 fully saturated rings. The number of carbonyl (C=O) groups is 1. The van der Waals surface area contributed by atoms with Gasteiger partial charge in [0.05, 0.1) is 24.8 Å². The van der Waals surface area contributed by atoms with Crippen molar-refractivity contribution in [2.45, 2.75) is 31.6 Å². The fourth-order valence-corrected chi connectivity index (χ4v) is 5.54. The van der Waals surface area contributed by atoms with Gasteiger partial charge in [0.15, 0.2) is 5.52 Å². The molecule has 2 aromatic carbocycles. The van der Waals surface area contributed by atoms with Crippen LogP contribution in [0.4, 0.5) is 5.69 Å². The zero-order chi connectivity index (χ0) is 23.4. The number of hydrogen-bond donors (Lipinski definition) is 1. The van der Waals surface area contributed by atoms with Crippen LogP contribution in [-0.2, 0) is 14.8 Å². The summed E-state index contributed by atoms with van der Waals surface area (Å²) in [6, 6.07) is 9.92. The minimum absolute atomic E-state index is 0.0188. The van der Waals surface area contributed by atoms with E-state index in [0.717, 1.165) is 0 Å². The Morgan fingerprint density at radius 2 is 2.00 bits per heavy atom. The average Bonchev–Trinajstić information content (AvgIpc) is 3.30. The van der Waals surface area contributed by atoms with Gasteiger partial charge in [-0.2, -0.15) is 4.31 Å². The van der Waals surface area contributed by atoms with Crippen molar-refractivity contribution in [1.29, 1.82) is 0 Å². The Hall–Kier alpha value is -3.18. The predicted octanol–water partition coefficient (Wildman–Crippen LogP) is 3.06. The van der Waals surface area contributed by atoms with Crippen LogP contribution in [0.1, 0.15) is 26.7 Å². The van der Waals surface area contributed by atoms with Gasteiger partial charge in [0.25, 0.3) is 0 Å². The van der Waals surface area contributed by atoms with E-state index in [-0.39, 0.29) is 22.9 Å². The minimum atomic E-state index is -3.88. The summed E-state index contributed by atoms with van der Waals surface area (Å²) in [6.07, 6.45) is 1.13. The maximum absolute atomic E-state index is 13.3.